The summed E-state index contributed by atoms with van der Waals surface area (Å²) >= 11 is 1.56. The summed E-state index contributed by atoms with van der Waals surface area (Å²) in [7, 11) is 0. The summed E-state index contributed by atoms with van der Waals surface area (Å²) in [4.78, 5) is 19.9. The van der Waals surface area contributed by atoms with Gasteiger partial charge >= 0.3 is 0 Å². The fourth-order valence-corrected chi connectivity index (χ4v) is 2.30. The number of thiazole rings is 1. The normalized spacial score (nSPS) is 12.3. The molecule has 0 aliphatic carbocycles. The van der Waals surface area contributed by atoms with Gasteiger partial charge < -0.3 is 9.88 Å². The molecule has 90 valence electrons. The van der Waals surface area contributed by atoms with Crippen molar-refractivity contribution in [3.63, 3.8) is 0 Å². The minimum atomic E-state index is -0.0231. The lowest BCUT2D eigenvalue weighted by molar-refractivity contribution is -0.122. The molecule has 0 aromatic carbocycles. The van der Waals surface area contributed by atoms with E-state index in [9.17, 15) is 4.79 Å². The molecule has 0 aliphatic rings. The maximum Gasteiger partial charge on any atom is 0.240 e. The third-order valence-electron chi connectivity index (χ3n) is 2.38. The molecule has 0 aliphatic heterocycles. The summed E-state index contributed by atoms with van der Waals surface area (Å²) in [6.07, 6.45) is 7.65. The standard InChI is InChI=1S/C11H14N4OS/c1-2-9(11-13-4-6-17-11)14-10(16)7-15-5-3-12-8-15/h3-6,8-9H,2,7H2,1H3,(H,14,16). The molecular formula is C11H14N4OS. The third-order valence-corrected chi connectivity index (χ3v) is 3.27. The lowest BCUT2D eigenvalue weighted by atomic mass is 10.2. The first-order valence-corrected chi connectivity index (χ1v) is 6.32. The van der Waals surface area contributed by atoms with Crippen LogP contribution in [0.3, 0.4) is 0 Å². The van der Waals surface area contributed by atoms with E-state index in [1.54, 1.807) is 40.8 Å². The van der Waals surface area contributed by atoms with Crippen LogP contribution < -0.4 is 5.32 Å². The molecule has 1 unspecified atom stereocenters. The third kappa shape index (κ3) is 3.13. The first-order valence-electron chi connectivity index (χ1n) is 5.44. The molecule has 6 heteroatoms. The number of imidazole rings is 1. The zero-order valence-electron chi connectivity index (χ0n) is 9.54. The topological polar surface area (TPSA) is 59.8 Å². The minimum absolute atomic E-state index is 0.00558. The van der Waals surface area contributed by atoms with Crippen LogP contribution in [0.5, 0.6) is 0 Å². The van der Waals surface area contributed by atoms with Gasteiger partial charge in [0, 0.05) is 24.0 Å². The van der Waals surface area contributed by atoms with E-state index in [1.807, 2.05) is 12.3 Å². The minimum Gasteiger partial charge on any atom is -0.345 e. The van der Waals surface area contributed by atoms with Crippen molar-refractivity contribution in [2.75, 3.05) is 0 Å². The van der Waals surface area contributed by atoms with Gasteiger partial charge in [-0.05, 0) is 6.42 Å². The summed E-state index contributed by atoms with van der Waals surface area (Å²) in [6.45, 7) is 2.32. The summed E-state index contributed by atoms with van der Waals surface area (Å²) in [5, 5.41) is 5.83. The van der Waals surface area contributed by atoms with Crippen LogP contribution in [0.2, 0.25) is 0 Å². The Hall–Kier alpha value is -1.69. The number of aromatic nitrogens is 3. The number of nitrogens with one attached hydrogen (secondary N) is 1. The molecule has 2 rings (SSSR count). The van der Waals surface area contributed by atoms with E-state index in [4.69, 9.17) is 0 Å². The van der Waals surface area contributed by atoms with Crippen molar-refractivity contribution < 1.29 is 4.79 Å². The maximum atomic E-state index is 11.8. The SMILES string of the molecule is CCC(NC(=O)Cn1ccnc1)c1nccs1. The second-order valence-corrected chi connectivity index (χ2v) is 4.56. The predicted molar refractivity (Wildman–Crippen MR) is 65.5 cm³/mol. The van der Waals surface area contributed by atoms with E-state index in [0.717, 1.165) is 11.4 Å². The fourth-order valence-electron chi connectivity index (χ4n) is 1.53. The van der Waals surface area contributed by atoms with Gasteiger partial charge in [0.05, 0.1) is 12.4 Å². The Bertz CT molecular complexity index is 452. The van der Waals surface area contributed by atoms with E-state index < -0.39 is 0 Å². The smallest absolute Gasteiger partial charge is 0.240 e. The molecule has 17 heavy (non-hydrogen) atoms. The molecule has 5 nitrogen and oxygen atoms in total. The zero-order chi connectivity index (χ0) is 12.1. The van der Waals surface area contributed by atoms with Crippen molar-refractivity contribution in [1.29, 1.82) is 0 Å². The average molecular weight is 250 g/mol. The summed E-state index contributed by atoms with van der Waals surface area (Å²) in [5.74, 6) is -0.0231. The Labute approximate surface area is 104 Å². The second-order valence-electron chi connectivity index (χ2n) is 3.63. The zero-order valence-corrected chi connectivity index (χ0v) is 10.4. The van der Waals surface area contributed by atoms with Gasteiger partial charge in [-0.15, -0.1) is 11.3 Å². The van der Waals surface area contributed by atoms with Crippen LogP contribution in [0.25, 0.3) is 0 Å². The van der Waals surface area contributed by atoms with Gasteiger partial charge in [-0.3, -0.25) is 4.79 Å². The molecule has 0 spiro atoms. The molecular weight excluding hydrogens is 236 g/mol. The number of amides is 1. The lowest BCUT2D eigenvalue weighted by Crippen LogP contribution is -2.30. The van der Waals surface area contributed by atoms with Crippen molar-refractivity contribution in [2.45, 2.75) is 25.9 Å². The van der Waals surface area contributed by atoms with Crippen LogP contribution in [0.4, 0.5) is 0 Å². The lowest BCUT2D eigenvalue weighted by Gasteiger charge is -2.14. The average Bonchev–Trinajstić information content (AvgIpc) is 2.97. The Kier molecular flexibility index (Phi) is 3.87. The first-order chi connectivity index (χ1) is 8.29. The van der Waals surface area contributed by atoms with E-state index in [-0.39, 0.29) is 11.9 Å². The maximum absolute atomic E-state index is 11.8. The van der Waals surface area contributed by atoms with Crippen LogP contribution in [0, 0.1) is 0 Å². The Balaban J connectivity index is 1.93. The highest BCUT2D eigenvalue weighted by atomic mass is 32.1. The Morgan fingerprint density at radius 2 is 2.47 bits per heavy atom. The highest BCUT2D eigenvalue weighted by Crippen LogP contribution is 2.18. The fraction of sp³-hybridized carbons (Fsp3) is 0.364. The van der Waals surface area contributed by atoms with E-state index in [0.29, 0.717) is 6.54 Å². The van der Waals surface area contributed by atoms with Crippen molar-refractivity contribution in [3.05, 3.63) is 35.3 Å². The van der Waals surface area contributed by atoms with Crippen LogP contribution in [0.1, 0.15) is 24.4 Å². The number of carbonyl (C=O) groups is 1. The number of hydrogen-bond donors (Lipinski definition) is 1. The monoisotopic (exact) mass is 250 g/mol. The molecule has 0 saturated heterocycles. The van der Waals surface area contributed by atoms with Crippen LogP contribution in [-0.4, -0.2) is 20.4 Å². The van der Waals surface area contributed by atoms with E-state index >= 15 is 0 Å². The van der Waals surface area contributed by atoms with Gasteiger partial charge in [0.1, 0.15) is 11.6 Å². The highest BCUT2D eigenvalue weighted by molar-refractivity contribution is 7.09. The molecule has 1 N–H and O–H groups in total. The Morgan fingerprint density at radius 1 is 1.59 bits per heavy atom. The molecule has 0 bridgehead atoms. The van der Waals surface area contributed by atoms with Crippen LogP contribution in [-0.2, 0) is 11.3 Å². The van der Waals surface area contributed by atoms with Gasteiger partial charge in [-0.25, -0.2) is 9.97 Å². The van der Waals surface area contributed by atoms with Crippen LogP contribution in [0.15, 0.2) is 30.3 Å². The summed E-state index contributed by atoms with van der Waals surface area (Å²) < 4.78 is 1.74. The van der Waals surface area contributed by atoms with Crippen molar-refractivity contribution in [3.8, 4) is 0 Å². The van der Waals surface area contributed by atoms with E-state index in [1.165, 1.54) is 0 Å². The van der Waals surface area contributed by atoms with Gasteiger partial charge in [-0.2, -0.15) is 0 Å². The van der Waals surface area contributed by atoms with Gasteiger partial charge in [0.2, 0.25) is 5.91 Å². The van der Waals surface area contributed by atoms with Crippen molar-refractivity contribution >= 4 is 17.2 Å². The molecule has 1 atom stereocenters. The highest BCUT2D eigenvalue weighted by Gasteiger charge is 2.14. The van der Waals surface area contributed by atoms with Crippen molar-refractivity contribution in [2.24, 2.45) is 0 Å². The molecule has 0 fully saturated rings. The van der Waals surface area contributed by atoms with Gasteiger partial charge in [0.25, 0.3) is 0 Å². The molecule has 1 amide bonds. The second kappa shape index (κ2) is 5.58. The quantitative estimate of drug-likeness (QED) is 0.877. The first kappa shape index (κ1) is 11.8. The molecule has 2 heterocycles. The van der Waals surface area contributed by atoms with E-state index in [2.05, 4.69) is 15.3 Å². The van der Waals surface area contributed by atoms with Crippen LogP contribution >= 0.6 is 11.3 Å². The number of hydrogen-bond acceptors (Lipinski definition) is 4. The predicted octanol–water partition coefficient (Wildman–Crippen LogP) is 1.61. The largest absolute Gasteiger partial charge is 0.345 e. The number of nitrogens with zero attached hydrogens (tertiary/aromatic N) is 3. The number of carbonyl (C=O) groups excluding carboxylic acids is 1. The molecule has 2 aromatic heterocycles. The van der Waals surface area contributed by atoms with Gasteiger partial charge in [-0.1, -0.05) is 6.92 Å². The molecule has 2 aromatic rings. The van der Waals surface area contributed by atoms with Gasteiger partial charge in [0.15, 0.2) is 0 Å². The summed E-state index contributed by atoms with van der Waals surface area (Å²) in [6, 6.07) is 0.00558. The van der Waals surface area contributed by atoms with Crippen molar-refractivity contribution in [1.82, 2.24) is 19.9 Å². The Morgan fingerprint density at radius 3 is 3.06 bits per heavy atom. The number of rotatable bonds is 5. The molecule has 0 radical (unpaired) electrons. The summed E-state index contributed by atoms with van der Waals surface area (Å²) in [5.41, 5.74) is 0. The molecule has 0 saturated carbocycles.